The zero-order chi connectivity index (χ0) is 44.8. The van der Waals surface area contributed by atoms with Crippen molar-refractivity contribution in [2.24, 2.45) is 0 Å². The Morgan fingerprint density at radius 2 is 0.484 bits per heavy atom. The van der Waals surface area contributed by atoms with Gasteiger partial charge in [-0.1, -0.05) is 74.5 Å². The summed E-state index contributed by atoms with van der Waals surface area (Å²) < 4.78 is 30.5. The predicted octanol–water partition coefficient (Wildman–Crippen LogP) is 15.8. The fraction of sp³-hybridized carbons (Fsp3) is 0.474. The number of rotatable bonds is 24. The molecule has 334 valence electrons. The van der Waals surface area contributed by atoms with E-state index in [0.29, 0.717) is 23.7 Å². The maximum absolute atomic E-state index is 6.16. The van der Waals surface area contributed by atoms with Gasteiger partial charge in [-0.3, -0.25) is 0 Å². The van der Waals surface area contributed by atoms with Crippen molar-refractivity contribution in [3.63, 3.8) is 0 Å². The molecule has 0 bridgehead atoms. The predicted molar refractivity (Wildman–Crippen MR) is 259 cm³/mol. The third kappa shape index (κ3) is 15.2. The standard InChI is InChI=1S/C57H76O5/c1-13-44(46-16-26-54(27-17-46)59-39(4)5)35-51(48-20-30-56(31-21-48)61-41(8)9)37-52(49-22-32-57(33-23-49)62-42(10)11)36-50(47-18-28-55(29-19-47)60-40(6)7)34-43(12)45-14-24-53(25-15-45)58-38(2)3/h14-33,38-44,50-52H,13,34-37H2,1-12H3. The molecule has 0 saturated carbocycles. The molecule has 5 unspecified atom stereocenters. The summed E-state index contributed by atoms with van der Waals surface area (Å²) in [6.45, 7) is 25.5. The lowest BCUT2D eigenvalue weighted by molar-refractivity contribution is 0.242. The number of benzene rings is 5. The largest absolute Gasteiger partial charge is 0.491 e. The van der Waals surface area contributed by atoms with E-state index in [1.54, 1.807) is 0 Å². The molecule has 0 saturated heterocycles. The first-order valence-corrected chi connectivity index (χ1v) is 23.5. The van der Waals surface area contributed by atoms with Crippen molar-refractivity contribution in [2.45, 2.75) is 175 Å². The summed E-state index contributed by atoms with van der Waals surface area (Å²) in [7, 11) is 0. The minimum Gasteiger partial charge on any atom is -0.491 e. The Balaban J connectivity index is 1.56. The summed E-state index contributed by atoms with van der Waals surface area (Å²) in [6.07, 6.45) is 5.71. The molecule has 0 aromatic heterocycles. The van der Waals surface area contributed by atoms with Crippen LogP contribution in [0.15, 0.2) is 121 Å². The maximum Gasteiger partial charge on any atom is 0.119 e. The second kappa shape index (κ2) is 23.5. The Hall–Kier alpha value is -4.90. The average molecular weight is 841 g/mol. The molecule has 0 heterocycles. The third-order valence-electron chi connectivity index (χ3n) is 11.6. The van der Waals surface area contributed by atoms with Crippen LogP contribution in [0.5, 0.6) is 28.7 Å². The van der Waals surface area contributed by atoms with Crippen molar-refractivity contribution in [1.29, 1.82) is 0 Å². The van der Waals surface area contributed by atoms with Gasteiger partial charge in [0.15, 0.2) is 0 Å². The quantitative estimate of drug-likeness (QED) is 0.0619. The molecule has 0 spiro atoms. The second-order valence-electron chi connectivity index (χ2n) is 18.7. The minimum atomic E-state index is 0.111. The van der Waals surface area contributed by atoms with Crippen LogP contribution in [0.3, 0.4) is 0 Å². The Morgan fingerprint density at radius 1 is 0.274 bits per heavy atom. The fourth-order valence-electron chi connectivity index (χ4n) is 8.75. The van der Waals surface area contributed by atoms with Gasteiger partial charge in [0.1, 0.15) is 28.7 Å². The highest BCUT2D eigenvalue weighted by Gasteiger charge is 2.28. The molecule has 0 aliphatic carbocycles. The van der Waals surface area contributed by atoms with E-state index in [9.17, 15) is 0 Å². The van der Waals surface area contributed by atoms with Gasteiger partial charge in [0, 0.05) is 0 Å². The van der Waals surface area contributed by atoms with Crippen molar-refractivity contribution in [2.75, 3.05) is 0 Å². The second-order valence-corrected chi connectivity index (χ2v) is 18.7. The van der Waals surface area contributed by atoms with E-state index in [0.717, 1.165) is 60.9 Å². The summed E-state index contributed by atoms with van der Waals surface area (Å²) in [6, 6.07) is 44.4. The van der Waals surface area contributed by atoms with E-state index in [-0.39, 0.29) is 36.4 Å². The normalized spacial score (nSPS) is 14.2. The molecule has 5 aromatic carbocycles. The molecule has 0 N–H and O–H groups in total. The van der Waals surface area contributed by atoms with Gasteiger partial charge in [0.05, 0.1) is 30.5 Å². The molecular formula is C57H76O5. The SMILES string of the molecule is CCC(CC(CC(CC(CC(C)c1ccc(OC(C)C)cc1)c1ccc(OC(C)C)cc1)c1ccc(OC(C)C)cc1)c1ccc(OC(C)C)cc1)c1ccc(OC(C)C)cc1. The van der Waals surface area contributed by atoms with Crippen molar-refractivity contribution >= 4 is 0 Å². The summed E-state index contributed by atoms with van der Waals surface area (Å²) in [5, 5.41) is 0. The number of hydrogen-bond donors (Lipinski definition) is 0. The molecule has 5 heteroatoms. The Labute approximate surface area is 375 Å². The van der Waals surface area contributed by atoms with Gasteiger partial charge in [-0.05, 0) is 219 Å². The summed E-state index contributed by atoms with van der Waals surface area (Å²) in [5.74, 6) is 6.14. The van der Waals surface area contributed by atoms with Crippen LogP contribution in [0.2, 0.25) is 0 Å². The van der Waals surface area contributed by atoms with Gasteiger partial charge < -0.3 is 23.7 Å². The van der Waals surface area contributed by atoms with Crippen molar-refractivity contribution in [1.82, 2.24) is 0 Å². The van der Waals surface area contributed by atoms with E-state index < -0.39 is 0 Å². The molecule has 0 radical (unpaired) electrons. The van der Waals surface area contributed by atoms with E-state index in [4.69, 9.17) is 23.7 Å². The lowest BCUT2D eigenvalue weighted by Gasteiger charge is -2.32. The molecular weight excluding hydrogens is 765 g/mol. The van der Waals surface area contributed by atoms with Gasteiger partial charge >= 0.3 is 0 Å². The highest BCUT2D eigenvalue weighted by molar-refractivity contribution is 5.37. The fourth-order valence-corrected chi connectivity index (χ4v) is 8.75. The van der Waals surface area contributed by atoms with Crippen LogP contribution in [-0.4, -0.2) is 30.5 Å². The molecule has 5 atom stereocenters. The summed E-state index contributed by atoms with van der Waals surface area (Å²) >= 11 is 0. The number of hydrogen-bond acceptors (Lipinski definition) is 5. The molecule has 5 nitrogen and oxygen atoms in total. The van der Waals surface area contributed by atoms with E-state index in [2.05, 4.69) is 204 Å². The van der Waals surface area contributed by atoms with E-state index >= 15 is 0 Å². The van der Waals surface area contributed by atoms with Crippen molar-refractivity contribution in [3.05, 3.63) is 149 Å². The summed E-state index contributed by atoms with van der Waals surface area (Å²) in [4.78, 5) is 0. The van der Waals surface area contributed by atoms with Gasteiger partial charge in [0.25, 0.3) is 0 Å². The Bertz CT molecular complexity index is 2000. The van der Waals surface area contributed by atoms with Crippen LogP contribution in [0.25, 0.3) is 0 Å². The highest BCUT2D eigenvalue weighted by Crippen LogP contribution is 2.45. The molecule has 0 aliphatic heterocycles. The van der Waals surface area contributed by atoms with E-state index in [1.165, 1.54) is 27.8 Å². The first-order chi connectivity index (χ1) is 29.6. The lowest BCUT2D eigenvalue weighted by Crippen LogP contribution is -2.15. The Morgan fingerprint density at radius 3 is 0.726 bits per heavy atom. The molecule has 0 fully saturated rings. The van der Waals surface area contributed by atoms with Crippen molar-refractivity contribution < 1.29 is 23.7 Å². The molecule has 0 amide bonds. The first kappa shape index (κ1) is 48.1. The van der Waals surface area contributed by atoms with Gasteiger partial charge in [0.2, 0.25) is 0 Å². The molecule has 5 rings (SSSR count). The average Bonchev–Trinajstić information content (AvgIpc) is 3.22. The topological polar surface area (TPSA) is 46.2 Å². The third-order valence-corrected chi connectivity index (χ3v) is 11.6. The number of ether oxygens (including phenoxy) is 5. The van der Waals surface area contributed by atoms with Crippen molar-refractivity contribution in [3.8, 4) is 28.7 Å². The monoisotopic (exact) mass is 841 g/mol. The van der Waals surface area contributed by atoms with Gasteiger partial charge in [-0.25, -0.2) is 0 Å². The first-order valence-electron chi connectivity index (χ1n) is 23.5. The van der Waals surface area contributed by atoms with Gasteiger partial charge in [-0.15, -0.1) is 0 Å². The van der Waals surface area contributed by atoms with Crippen LogP contribution < -0.4 is 23.7 Å². The lowest BCUT2D eigenvalue weighted by atomic mass is 9.73. The van der Waals surface area contributed by atoms with Crippen LogP contribution in [-0.2, 0) is 0 Å². The van der Waals surface area contributed by atoms with E-state index in [1.807, 2.05) is 0 Å². The van der Waals surface area contributed by atoms with Crippen LogP contribution in [0, 0.1) is 0 Å². The van der Waals surface area contributed by atoms with Crippen LogP contribution in [0.4, 0.5) is 0 Å². The molecule has 5 aromatic rings. The highest BCUT2D eigenvalue weighted by atomic mass is 16.5. The zero-order valence-electron chi connectivity index (χ0n) is 39.9. The Kier molecular flexibility index (Phi) is 18.3. The van der Waals surface area contributed by atoms with Crippen LogP contribution >= 0.6 is 0 Å². The molecule has 0 aliphatic rings. The van der Waals surface area contributed by atoms with Crippen LogP contribution in [0.1, 0.15) is 173 Å². The molecule has 62 heavy (non-hydrogen) atoms. The zero-order valence-corrected chi connectivity index (χ0v) is 39.9. The van der Waals surface area contributed by atoms with Gasteiger partial charge in [-0.2, -0.15) is 0 Å². The maximum atomic E-state index is 6.16. The summed E-state index contributed by atoms with van der Waals surface area (Å²) in [5.41, 5.74) is 6.74. The minimum absolute atomic E-state index is 0.111. The smallest absolute Gasteiger partial charge is 0.119 e.